The topological polar surface area (TPSA) is 37.3 Å². The molecule has 2 aromatic rings. The van der Waals surface area contributed by atoms with Crippen LogP contribution in [0.3, 0.4) is 0 Å². The third-order valence-electron chi connectivity index (χ3n) is 2.17. The van der Waals surface area contributed by atoms with Gasteiger partial charge in [-0.15, -0.1) is 11.3 Å². The summed E-state index contributed by atoms with van der Waals surface area (Å²) < 4.78 is 0. The van der Waals surface area contributed by atoms with Crippen LogP contribution in [0.5, 0.6) is 0 Å². The van der Waals surface area contributed by atoms with Gasteiger partial charge < -0.3 is 0 Å². The second kappa shape index (κ2) is 4.90. The largest absolute Gasteiger partial charge is 0.253 e. The molecule has 2 rings (SSSR count). The molecule has 0 bridgehead atoms. The highest BCUT2D eigenvalue weighted by atomic mass is 32.1. The first-order valence-corrected chi connectivity index (χ1v) is 5.90. The number of anilines is 1. The van der Waals surface area contributed by atoms with Crippen molar-refractivity contribution in [1.82, 2.24) is 4.98 Å². The second-order valence-corrected chi connectivity index (χ2v) is 4.38. The minimum absolute atomic E-state index is 0.822. The van der Waals surface area contributed by atoms with Crippen molar-refractivity contribution in [3.05, 3.63) is 46.5 Å². The van der Waals surface area contributed by atoms with Crippen molar-refractivity contribution in [2.75, 3.05) is 5.43 Å². The van der Waals surface area contributed by atoms with Crippen LogP contribution in [0.25, 0.3) is 0 Å². The number of nitrogens with zero attached hydrogens (tertiary/aromatic N) is 2. The first kappa shape index (κ1) is 10.8. The zero-order valence-electron chi connectivity index (χ0n) is 9.27. The summed E-state index contributed by atoms with van der Waals surface area (Å²) in [7, 11) is 0. The summed E-state index contributed by atoms with van der Waals surface area (Å²) in [6.07, 6.45) is 1.81. The van der Waals surface area contributed by atoms with E-state index in [2.05, 4.69) is 28.5 Å². The fraction of sp³-hybridized carbons (Fsp3) is 0.167. The molecule has 1 aromatic carbocycles. The van der Waals surface area contributed by atoms with Crippen LogP contribution in [0.15, 0.2) is 34.7 Å². The van der Waals surface area contributed by atoms with E-state index in [1.54, 1.807) is 11.3 Å². The molecule has 0 aliphatic rings. The molecule has 0 unspecified atom stereocenters. The Bertz CT molecular complexity index is 502. The van der Waals surface area contributed by atoms with Crippen molar-refractivity contribution < 1.29 is 0 Å². The Morgan fingerprint density at radius 3 is 2.81 bits per heavy atom. The predicted molar refractivity (Wildman–Crippen MR) is 69.2 cm³/mol. The van der Waals surface area contributed by atoms with Gasteiger partial charge in [-0.05, 0) is 25.0 Å². The van der Waals surface area contributed by atoms with Gasteiger partial charge in [0, 0.05) is 5.38 Å². The maximum absolute atomic E-state index is 4.26. The number of nitrogens with one attached hydrogen (secondary N) is 1. The Kier molecular flexibility index (Phi) is 3.31. The standard InChI is InChI=1S/C12H13N3S/c1-9-5-3-4-6-11(9)7-13-15-12-14-10(2)8-16-12/h3-8H,1-2H3,(H,14,15)/b13-7+. The van der Waals surface area contributed by atoms with E-state index in [-0.39, 0.29) is 0 Å². The summed E-state index contributed by atoms with van der Waals surface area (Å²) in [6.45, 7) is 4.03. The third-order valence-corrected chi connectivity index (χ3v) is 3.04. The zero-order valence-corrected chi connectivity index (χ0v) is 10.1. The van der Waals surface area contributed by atoms with Crippen molar-refractivity contribution in [1.29, 1.82) is 0 Å². The number of hydrogen-bond donors (Lipinski definition) is 1. The van der Waals surface area contributed by atoms with Gasteiger partial charge in [0.05, 0.1) is 11.9 Å². The van der Waals surface area contributed by atoms with E-state index in [1.807, 2.05) is 36.7 Å². The maximum atomic E-state index is 4.26. The van der Waals surface area contributed by atoms with Crippen molar-refractivity contribution in [2.24, 2.45) is 5.10 Å². The van der Waals surface area contributed by atoms with Gasteiger partial charge in [-0.3, -0.25) is 5.43 Å². The number of aryl methyl sites for hydroxylation is 2. The molecule has 1 aromatic heterocycles. The lowest BCUT2D eigenvalue weighted by Gasteiger charge is -1.97. The van der Waals surface area contributed by atoms with Crippen LogP contribution in [-0.2, 0) is 0 Å². The molecule has 0 aliphatic heterocycles. The van der Waals surface area contributed by atoms with Crippen molar-refractivity contribution in [3.8, 4) is 0 Å². The van der Waals surface area contributed by atoms with E-state index in [4.69, 9.17) is 0 Å². The van der Waals surface area contributed by atoms with Crippen LogP contribution in [-0.4, -0.2) is 11.2 Å². The first-order valence-electron chi connectivity index (χ1n) is 5.02. The Morgan fingerprint density at radius 1 is 1.31 bits per heavy atom. The molecule has 0 aliphatic carbocycles. The van der Waals surface area contributed by atoms with Gasteiger partial charge >= 0.3 is 0 Å². The van der Waals surface area contributed by atoms with Gasteiger partial charge in [-0.2, -0.15) is 5.10 Å². The number of aromatic nitrogens is 1. The summed E-state index contributed by atoms with van der Waals surface area (Å²) in [6, 6.07) is 8.12. The maximum Gasteiger partial charge on any atom is 0.203 e. The average molecular weight is 231 g/mol. The third kappa shape index (κ3) is 2.67. The second-order valence-electron chi connectivity index (χ2n) is 3.52. The molecule has 3 nitrogen and oxygen atoms in total. The van der Waals surface area contributed by atoms with Gasteiger partial charge in [0.2, 0.25) is 5.13 Å². The first-order chi connectivity index (χ1) is 7.75. The predicted octanol–water partition coefficient (Wildman–Crippen LogP) is 3.21. The van der Waals surface area contributed by atoms with Crippen LogP contribution in [0.1, 0.15) is 16.8 Å². The molecule has 0 atom stereocenters. The molecule has 0 fully saturated rings. The normalized spacial score (nSPS) is 10.9. The SMILES string of the molecule is Cc1csc(N/N=C/c2ccccc2C)n1. The Balaban J connectivity index is 2.03. The fourth-order valence-electron chi connectivity index (χ4n) is 1.29. The molecule has 4 heteroatoms. The van der Waals surface area contributed by atoms with E-state index in [9.17, 15) is 0 Å². The summed E-state index contributed by atoms with van der Waals surface area (Å²) in [5.74, 6) is 0. The Labute approximate surface area is 98.9 Å². The highest BCUT2D eigenvalue weighted by molar-refractivity contribution is 7.13. The number of hydrazone groups is 1. The van der Waals surface area contributed by atoms with E-state index in [0.717, 1.165) is 16.4 Å². The van der Waals surface area contributed by atoms with Crippen LogP contribution in [0.2, 0.25) is 0 Å². The molecule has 0 spiro atoms. The van der Waals surface area contributed by atoms with Gasteiger partial charge in [-0.25, -0.2) is 4.98 Å². The van der Waals surface area contributed by atoms with Gasteiger partial charge in [0.25, 0.3) is 0 Å². The monoisotopic (exact) mass is 231 g/mol. The molecular formula is C12H13N3S. The molecule has 1 heterocycles. The van der Waals surface area contributed by atoms with Crippen LogP contribution >= 0.6 is 11.3 Å². The van der Waals surface area contributed by atoms with Crippen LogP contribution in [0.4, 0.5) is 5.13 Å². The quantitative estimate of drug-likeness (QED) is 0.650. The summed E-state index contributed by atoms with van der Waals surface area (Å²) >= 11 is 1.55. The molecule has 0 saturated carbocycles. The lowest BCUT2D eigenvalue weighted by atomic mass is 10.1. The van der Waals surface area contributed by atoms with E-state index < -0.39 is 0 Å². The van der Waals surface area contributed by atoms with Crippen molar-refractivity contribution in [3.63, 3.8) is 0 Å². The van der Waals surface area contributed by atoms with Gasteiger partial charge in [0.15, 0.2) is 0 Å². The van der Waals surface area contributed by atoms with Gasteiger partial charge in [0.1, 0.15) is 0 Å². The van der Waals surface area contributed by atoms with Crippen LogP contribution < -0.4 is 5.43 Å². The fourth-order valence-corrected chi connectivity index (χ4v) is 1.93. The molecule has 1 N–H and O–H groups in total. The minimum atomic E-state index is 0.822. The molecule has 82 valence electrons. The van der Waals surface area contributed by atoms with Crippen LogP contribution in [0, 0.1) is 13.8 Å². The Hall–Kier alpha value is -1.68. The summed E-state index contributed by atoms with van der Waals surface area (Å²) in [5, 5.41) is 6.97. The molecule has 0 saturated heterocycles. The van der Waals surface area contributed by atoms with Crippen molar-refractivity contribution >= 4 is 22.7 Å². The van der Waals surface area contributed by atoms with Gasteiger partial charge in [-0.1, -0.05) is 24.3 Å². The highest BCUT2D eigenvalue weighted by Gasteiger charge is 1.95. The number of hydrogen-bond acceptors (Lipinski definition) is 4. The molecule has 16 heavy (non-hydrogen) atoms. The average Bonchev–Trinajstić information content (AvgIpc) is 2.67. The van der Waals surface area contributed by atoms with E-state index in [1.165, 1.54) is 5.56 Å². The van der Waals surface area contributed by atoms with E-state index in [0.29, 0.717) is 0 Å². The lowest BCUT2D eigenvalue weighted by molar-refractivity contribution is 1.22. The zero-order chi connectivity index (χ0) is 11.4. The molecular weight excluding hydrogens is 218 g/mol. The smallest absolute Gasteiger partial charge is 0.203 e. The number of benzene rings is 1. The molecule has 0 amide bonds. The Morgan fingerprint density at radius 2 is 2.12 bits per heavy atom. The van der Waals surface area contributed by atoms with E-state index >= 15 is 0 Å². The number of thiazole rings is 1. The minimum Gasteiger partial charge on any atom is -0.253 e. The highest BCUT2D eigenvalue weighted by Crippen LogP contribution is 2.14. The summed E-state index contributed by atoms with van der Waals surface area (Å²) in [5.41, 5.74) is 6.26. The lowest BCUT2D eigenvalue weighted by Crippen LogP contribution is -1.91. The van der Waals surface area contributed by atoms with Crippen molar-refractivity contribution in [2.45, 2.75) is 13.8 Å². The number of rotatable bonds is 3. The molecule has 0 radical (unpaired) electrons. The summed E-state index contributed by atoms with van der Waals surface area (Å²) in [4.78, 5) is 4.26.